The Kier molecular flexibility index (Phi) is 2.32. The topological polar surface area (TPSA) is 30.2 Å². The van der Waals surface area contributed by atoms with Crippen molar-refractivity contribution in [3.63, 3.8) is 0 Å². The molecule has 0 atom stereocenters. The van der Waals surface area contributed by atoms with Gasteiger partial charge in [-0.25, -0.2) is 0 Å². The second-order valence-electron chi connectivity index (χ2n) is 4.44. The zero-order valence-electron chi connectivity index (χ0n) is 10.1. The lowest BCUT2D eigenvalue weighted by atomic mass is 9.95. The summed E-state index contributed by atoms with van der Waals surface area (Å²) >= 11 is 0. The van der Waals surface area contributed by atoms with Crippen molar-refractivity contribution in [3.8, 4) is 0 Å². The van der Waals surface area contributed by atoms with Crippen molar-refractivity contribution in [1.82, 2.24) is 9.78 Å². The molecule has 1 aliphatic heterocycles. The Labute approximate surface area is 101 Å². The Hall–Kier alpha value is -1.90. The van der Waals surface area contributed by atoms with Crippen LogP contribution in [0.2, 0.25) is 0 Å². The number of aliphatic imine (C=N–C) groups is 1. The Balaban J connectivity index is 2.20. The van der Waals surface area contributed by atoms with Crippen LogP contribution in [0.15, 0.2) is 35.5 Å². The van der Waals surface area contributed by atoms with Gasteiger partial charge in [-0.15, -0.1) is 0 Å². The molecule has 86 valence electrons. The predicted molar refractivity (Wildman–Crippen MR) is 68.6 cm³/mol. The molecule has 1 aromatic heterocycles. The summed E-state index contributed by atoms with van der Waals surface area (Å²) in [6, 6.07) is 8.51. The molecule has 0 unspecified atom stereocenters. The summed E-state index contributed by atoms with van der Waals surface area (Å²) in [7, 11) is 1.97. The lowest BCUT2D eigenvalue weighted by Crippen LogP contribution is -2.18. The maximum atomic E-state index is 4.69. The summed E-state index contributed by atoms with van der Waals surface area (Å²) in [5.74, 6) is 0. The summed E-state index contributed by atoms with van der Waals surface area (Å²) in [4.78, 5) is 4.69. The molecule has 0 saturated carbocycles. The van der Waals surface area contributed by atoms with Crippen LogP contribution < -0.4 is 0 Å². The van der Waals surface area contributed by atoms with Crippen molar-refractivity contribution in [2.24, 2.45) is 12.0 Å². The molecular weight excluding hydrogens is 210 g/mol. The van der Waals surface area contributed by atoms with Crippen molar-refractivity contribution in [2.75, 3.05) is 6.54 Å². The van der Waals surface area contributed by atoms with Crippen LogP contribution in [0.5, 0.6) is 0 Å². The Morgan fingerprint density at radius 1 is 1.24 bits per heavy atom. The van der Waals surface area contributed by atoms with Crippen LogP contribution in [0.3, 0.4) is 0 Å². The molecule has 3 heteroatoms. The van der Waals surface area contributed by atoms with Crippen LogP contribution in [0.25, 0.3) is 0 Å². The van der Waals surface area contributed by atoms with Crippen molar-refractivity contribution in [2.45, 2.75) is 13.3 Å². The van der Waals surface area contributed by atoms with Gasteiger partial charge in [0.15, 0.2) is 0 Å². The van der Waals surface area contributed by atoms with Gasteiger partial charge in [0.05, 0.1) is 17.6 Å². The first kappa shape index (κ1) is 10.3. The van der Waals surface area contributed by atoms with E-state index >= 15 is 0 Å². The van der Waals surface area contributed by atoms with Crippen molar-refractivity contribution in [1.29, 1.82) is 0 Å². The smallest absolute Gasteiger partial charge is 0.0905 e. The molecule has 0 aliphatic carbocycles. The van der Waals surface area contributed by atoms with E-state index in [1.54, 1.807) is 0 Å². The number of fused-ring (bicyclic) bond motifs is 1. The molecule has 2 heterocycles. The van der Waals surface area contributed by atoms with E-state index in [0.717, 1.165) is 24.4 Å². The Morgan fingerprint density at radius 3 is 2.82 bits per heavy atom. The SMILES string of the molecule is Cc1cnn(C)c1C1=NCCc2ccccc21. The van der Waals surface area contributed by atoms with Crippen molar-refractivity contribution in [3.05, 3.63) is 52.8 Å². The predicted octanol–water partition coefficient (Wildman–Crippen LogP) is 2.12. The fraction of sp³-hybridized carbons (Fsp3) is 0.286. The zero-order valence-corrected chi connectivity index (χ0v) is 10.1. The first-order valence-corrected chi connectivity index (χ1v) is 5.89. The van der Waals surface area contributed by atoms with E-state index < -0.39 is 0 Å². The van der Waals surface area contributed by atoms with Gasteiger partial charge in [-0.05, 0) is 24.5 Å². The highest BCUT2D eigenvalue weighted by atomic mass is 15.3. The second kappa shape index (κ2) is 3.84. The fourth-order valence-corrected chi connectivity index (χ4v) is 2.43. The van der Waals surface area contributed by atoms with Crippen molar-refractivity contribution < 1.29 is 0 Å². The molecule has 0 spiro atoms. The number of aryl methyl sites for hydroxylation is 2. The monoisotopic (exact) mass is 225 g/mol. The standard InChI is InChI=1S/C14H15N3/c1-10-9-16-17(2)14(10)13-12-6-4-3-5-11(12)7-8-15-13/h3-6,9H,7-8H2,1-2H3. The lowest BCUT2D eigenvalue weighted by Gasteiger charge is -2.17. The summed E-state index contributed by atoms with van der Waals surface area (Å²) < 4.78 is 1.91. The highest BCUT2D eigenvalue weighted by Crippen LogP contribution is 2.21. The first-order valence-electron chi connectivity index (χ1n) is 5.89. The molecule has 0 amide bonds. The molecule has 0 fully saturated rings. The number of hydrogen-bond acceptors (Lipinski definition) is 2. The van der Waals surface area contributed by atoms with Crippen molar-refractivity contribution >= 4 is 5.71 Å². The van der Waals surface area contributed by atoms with Crippen LogP contribution in [0, 0.1) is 6.92 Å². The first-order chi connectivity index (χ1) is 8.27. The van der Waals surface area contributed by atoms with Gasteiger partial charge in [0.25, 0.3) is 0 Å². The summed E-state index contributed by atoms with van der Waals surface area (Å²) in [5, 5.41) is 4.30. The van der Waals surface area contributed by atoms with E-state index in [1.807, 2.05) is 17.9 Å². The minimum absolute atomic E-state index is 0.872. The van der Waals surface area contributed by atoms with Gasteiger partial charge >= 0.3 is 0 Å². The molecule has 1 aromatic carbocycles. The molecule has 0 saturated heterocycles. The highest BCUT2D eigenvalue weighted by Gasteiger charge is 2.19. The minimum Gasteiger partial charge on any atom is -0.282 e. The van der Waals surface area contributed by atoms with Crippen LogP contribution in [-0.4, -0.2) is 22.0 Å². The lowest BCUT2D eigenvalue weighted by molar-refractivity contribution is 0.757. The third-order valence-electron chi connectivity index (χ3n) is 3.27. The van der Waals surface area contributed by atoms with E-state index in [0.29, 0.717) is 0 Å². The molecule has 0 bridgehead atoms. The molecule has 3 nitrogen and oxygen atoms in total. The van der Waals surface area contributed by atoms with Gasteiger partial charge in [0.2, 0.25) is 0 Å². The summed E-state index contributed by atoms with van der Waals surface area (Å²) in [5.41, 5.74) is 6.05. The van der Waals surface area contributed by atoms with Crippen LogP contribution in [0.4, 0.5) is 0 Å². The molecule has 0 radical (unpaired) electrons. The number of rotatable bonds is 1. The zero-order chi connectivity index (χ0) is 11.8. The van der Waals surface area contributed by atoms with Crippen LogP contribution in [0.1, 0.15) is 22.4 Å². The van der Waals surface area contributed by atoms with E-state index in [1.165, 1.54) is 16.7 Å². The third-order valence-corrected chi connectivity index (χ3v) is 3.27. The molecular formula is C14H15N3. The maximum Gasteiger partial charge on any atom is 0.0905 e. The fourth-order valence-electron chi connectivity index (χ4n) is 2.43. The minimum atomic E-state index is 0.872. The molecule has 1 aliphatic rings. The van der Waals surface area contributed by atoms with Gasteiger partial charge in [-0.3, -0.25) is 9.67 Å². The highest BCUT2D eigenvalue weighted by molar-refractivity contribution is 6.14. The van der Waals surface area contributed by atoms with Crippen LogP contribution >= 0.6 is 0 Å². The molecule has 17 heavy (non-hydrogen) atoms. The average molecular weight is 225 g/mol. The van der Waals surface area contributed by atoms with E-state index in [4.69, 9.17) is 4.99 Å². The van der Waals surface area contributed by atoms with E-state index in [-0.39, 0.29) is 0 Å². The third kappa shape index (κ3) is 1.58. The average Bonchev–Trinajstić information content (AvgIpc) is 2.69. The number of nitrogens with zero attached hydrogens (tertiary/aromatic N) is 3. The molecule has 0 N–H and O–H groups in total. The van der Waals surface area contributed by atoms with Gasteiger partial charge < -0.3 is 0 Å². The van der Waals surface area contributed by atoms with Crippen LogP contribution in [-0.2, 0) is 13.5 Å². The summed E-state index contributed by atoms with van der Waals surface area (Å²) in [6.07, 6.45) is 2.94. The molecule has 3 rings (SSSR count). The largest absolute Gasteiger partial charge is 0.282 e. The second-order valence-corrected chi connectivity index (χ2v) is 4.44. The van der Waals surface area contributed by atoms with E-state index in [9.17, 15) is 0 Å². The van der Waals surface area contributed by atoms with E-state index in [2.05, 4.69) is 36.3 Å². The van der Waals surface area contributed by atoms with Gasteiger partial charge in [0, 0.05) is 19.2 Å². The molecule has 2 aromatic rings. The Bertz CT molecular complexity index is 574. The number of benzene rings is 1. The van der Waals surface area contributed by atoms with Gasteiger partial charge in [0.1, 0.15) is 0 Å². The van der Waals surface area contributed by atoms with Gasteiger partial charge in [-0.2, -0.15) is 5.10 Å². The quantitative estimate of drug-likeness (QED) is 0.731. The number of hydrogen-bond donors (Lipinski definition) is 0. The number of aromatic nitrogens is 2. The normalized spacial score (nSPS) is 14.4. The maximum absolute atomic E-state index is 4.69. The Morgan fingerprint density at radius 2 is 2.06 bits per heavy atom. The summed E-state index contributed by atoms with van der Waals surface area (Å²) in [6.45, 7) is 2.96. The van der Waals surface area contributed by atoms with Gasteiger partial charge in [-0.1, -0.05) is 24.3 Å².